The average Bonchev–Trinajstić information content (AvgIpc) is 3.00. The van der Waals surface area contributed by atoms with Gasteiger partial charge in [-0.3, -0.25) is 0 Å². The largest absolute Gasteiger partial charge is 0.486 e. The summed E-state index contributed by atoms with van der Waals surface area (Å²) in [5, 5.41) is 8.41. The molecule has 2 aliphatic rings. The normalized spacial score (nSPS) is 19.8. The summed E-state index contributed by atoms with van der Waals surface area (Å²) in [4.78, 5) is 4.25. The number of hydrogen-bond donors (Lipinski definition) is 1. The summed E-state index contributed by atoms with van der Waals surface area (Å²) in [6, 6.07) is 4.32. The fourth-order valence-corrected chi connectivity index (χ4v) is 3.22. The second-order valence-electron chi connectivity index (χ2n) is 5.58. The van der Waals surface area contributed by atoms with E-state index in [9.17, 15) is 0 Å². The molecule has 0 aliphatic carbocycles. The predicted octanol–water partition coefficient (Wildman–Crippen LogP) is 1.81. The SMILES string of the molecule is Clc1cc(CNC2CCc3ncnn3C2)cc2c1OCCO2. The zero-order valence-corrected chi connectivity index (χ0v) is 12.8. The number of fused-ring (bicyclic) bond motifs is 2. The molecule has 1 aromatic heterocycles. The minimum absolute atomic E-state index is 0.390. The van der Waals surface area contributed by atoms with Crippen LogP contribution in [-0.2, 0) is 19.5 Å². The quantitative estimate of drug-likeness (QED) is 0.934. The van der Waals surface area contributed by atoms with Crippen LogP contribution in [-0.4, -0.2) is 34.0 Å². The maximum Gasteiger partial charge on any atom is 0.179 e. The van der Waals surface area contributed by atoms with Crippen molar-refractivity contribution in [2.45, 2.75) is 32.0 Å². The molecule has 0 saturated carbocycles. The van der Waals surface area contributed by atoms with Crippen molar-refractivity contribution in [1.82, 2.24) is 20.1 Å². The molecule has 1 N–H and O–H groups in total. The summed E-state index contributed by atoms with van der Waals surface area (Å²) in [5.41, 5.74) is 1.10. The Kier molecular flexibility index (Phi) is 3.63. The van der Waals surface area contributed by atoms with E-state index in [1.807, 2.05) is 16.8 Å². The van der Waals surface area contributed by atoms with Crippen molar-refractivity contribution in [2.75, 3.05) is 13.2 Å². The molecule has 1 aromatic carbocycles. The van der Waals surface area contributed by atoms with Crippen LogP contribution in [0.5, 0.6) is 11.5 Å². The summed E-state index contributed by atoms with van der Waals surface area (Å²) in [5.74, 6) is 2.46. The van der Waals surface area contributed by atoms with Crippen LogP contribution in [0.2, 0.25) is 5.02 Å². The van der Waals surface area contributed by atoms with Crippen LogP contribution in [0.4, 0.5) is 0 Å². The first-order chi connectivity index (χ1) is 10.8. The van der Waals surface area contributed by atoms with Gasteiger partial charge >= 0.3 is 0 Å². The van der Waals surface area contributed by atoms with Crippen LogP contribution >= 0.6 is 11.6 Å². The highest BCUT2D eigenvalue weighted by atomic mass is 35.5. The standard InChI is InChI=1S/C15H17ClN4O2/c16-12-5-10(6-13-15(12)22-4-3-21-13)7-17-11-1-2-14-18-9-19-20(14)8-11/h5-6,9,11,17H,1-4,7-8H2. The van der Waals surface area contributed by atoms with Gasteiger partial charge in [-0.05, 0) is 24.1 Å². The van der Waals surface area contributed by atoms with Crippen molar-refractivity contribution >= 4 is 11.6 Å². The number of aromatic nitrogens is 3. The molecule has 0 fully saturated rings. The Balaban J connectivity index is 1.43. The summed E-state index contributed by atoms with van der Waals surface area (Å²) in [6.45, 7) is 2.71. The monoisotopic (exact) mass is 320 g/mol. The number of nitrogens with zero attached hydrogens (tertiary/aromatic N) is 3. The molecule has 2 aromatic rings. The minimum Gasteiger partial charge on any atom is -0.486 e. The molecular formula is C15H17ClN4O2. The minimum atomic E-state index is 0.390. The van der Waals surface area contributed by atoms with Gasteiger partial charge in [0.05, 0.1) is 11.6 Å². The van der Waals surface area contributed by atoms with E-state index in [1.165, 1.54) is 0 Å². The van der Waals surface area contributed by atoms with E-state index in [-0.39, 0.29) is 0 Å². The van der Waals surface area contributed by atoms with E-state index in [1.54, 1.807) is 6.33 Å². The number of benzene rings is 1. The average molecular weight is 321 g/mol. The zero-order valence-electron chi connectivity index (χ0n) is 12.1. The second-order valence-corrected chi connectivity index (χ2v) is 5.98. The first kappa shape index (κ1) is 13.8. The topological polar surface area (TPSA) is 61.2 Å². The lowest BCUT2D eigenvalue weighted by molar-refractivity contribution is 0.171. The Morgan fingerprint density at radius 3 is 3.18 bits per heavy atom. The van der Waals surface area contributed by atoms with Crippen LogP contribution in [0.1, 0.15) is 17.8 Å². The Hall–Kier alpha value is -1.79. The van der Waals surface area contributed by atoms with Crippen LogP contribution in [0.15, 0.2) is 18.5 Å². The molecule has 3 heterocycles. The summed E-state index contributed by atoms with van der Waals surface area (Å²) < 4.78 is 13.1. The molecular weight excluding hydrogens is 304 g/mol. The summed E-state index contributed by atoms with van der Waals surface area (Å²) in [7, 11) is 0. The smallest absolute Gasteiger partial charge is 0.179 e. The van der Waals surface area contributed by atoms with Crippen molar-refractivity contribution < 1.29 is 9.47 Å². The van der Waals surface area contributed by atoms with Crippen molar-refractivity contribution in [2.24, 2.45) is 0 Å². The van der Waals surface area contributed by atoms with E-state index >= 15 is 0 Å². The third-order valence-corrected chi connectivity index (χ3v) is 4.34. The van der Waals surface area contributed by atoms with Crippen LogP contribution < -0.4 is 14.8 Å². The molecule has 0 bridgehead atoms. The molecule has 22 heavy (non-hydrogen) atoms. The maximum atomic E-state index is 6.27. The van der Waals surface area contributed by atoms with E-state index in [0.29, 0.717) is 30.0 Å². The maximum absolute atomic E-state index is 6.27. The highest BCUT2D eigenvalue weighted by Gasteiger charge is 2.20. The van der Waals surface area contributed by atoms with Gasteiger partial charge in [0.2, 0.25) is 0 Å². The van der Waals surface area contributed by atoms with Gasteiger partial charge in [-0.1, -0.05) is 11.6 Å². The Bertz CT molecular complexity index is 688. The molecule has 0 radical (unpaired) electrons. The first-order valence-corrected chi connectivity index (χ1v) is 7.85. The van der Waals surface area contributed by atoms with Crippen molar-refractivity contribution in [3.05, 3.63) is 34.9 Å². The van der Waals surface area contributed by atoms with Crippen LogP contribution in [0.3, 0.4) is 0 Å². The number of hydrogen-bond acceptors (Lipinski definition) is 5. The molecule has 0 amide bonds. The molecule has 6 nitrogen and oxygen atoms in total. The van der Waals surface area contributed by atoms with Gasteiger partial charge in [-0.15, -0.1) is 0 Å². The lowest BCUT2D eigenvalue weighted by Gasteiger charge is -2.24. The molecule has 0 spiro atoms. The molecule has 1 unspecified atom stereocenters. The summed E-state index contributed by atoms with van der Waals surface area (Å²) in [6.07, 6.45) is 3.65. The molecule has 2 aliphatic heterocycles. The number of halogens is 1. The van der Waals surface area contributed by atoms with Crippen LogP contribution in [0.25, 0.3) is 0 Å². The van der Waals surface area contributed by atoms with Gasteiger partial charge in [0, 0.05) is 19.0 Å². The number of nitrogens with one attached hydrogen (secondary N) is 1. The Morgan fingerprint density at radius 1 is 1.32 bits per heavy atom. The first-order valence-electron chi connectivity index (χ1n) is 7.47. The molecule has 4 rings (SSSR count). The second kappa shape index (κ2) is 5.78. The van der Waals surface area contributed by atoms with Crippen molar-refractivity contribution in [1.29, 1.82) is 0 Å². The van der Waals surface area contributed by atoms with E-state index < -0.39 is 0 Å². The fraction of sp³-hybridized carbons (Fsp3) is 0.467. The number of ether oxygens (including phenoxy) is 2. The van der Waals surface area contributed by atoms with E-state index in [4.69, 9.17) is 21.1 Å². The van der Waals surface area contributed by atoms with Gasteiger partial charge in [-0.2, -0.15) is 5.10 Å². The number of rotatable bonds is 3. The highest BCUT2D eigenvalue weighted by molar-refractivity contribution is 6.32. The van der Waals surface area contributed by atoms with Crippen LogP contribution in [0, 0.1) is 0 Å². The van der Waals surface area contributed by atoms with Gasteiger partial charge in [-0.25, -0.2) is 9.67 Å². The molecule has 116 valence electrons. The third kappa shape index (κ3) is 2.64. The lowest BCUT2D eigenvalue weighted by Crippen LogP contribution is -2.37. The number of aryl methyl sites for hydroxylation is 1. The summed E-state index contributed by atoms with van der Waals surface area (Å²) >= 11 is 6.27. The van der Waals surface area contributed by atoms with Gasteiger partial charge in [0.1, 0.15) is 25.4 Å². The van der Waals surface area contributed by atoms with Gasteiger partial charge < -0.3 is 14.8 Å². The van der Waals surface area contributed by atoms with E-state index in [0.717, 1.165) is 43.1 Å². The van der Waals surface area contributed by atoms with Gasteiger partial charge in [0.15, 0.2) is 11.5 Å². The van der Waals surface area contributed by atoms with Crippen molar-refractivity contribution in [3.63, 3.8) is 0 Å². The fourth-order valence-electron chi connectivity index (χ4n) is 2.93. The Morgan fingerprint density at radius 2 is 2.23 bits per heavy atom. The molecule has 7 heteroatoms. The van der Waals surface area contributed by atoms with Gasteiger partial charge in [0.25, 0.3) is 0 Å². The Labute approximate surface area is 133 Å². The zero-order chi connectivity index (χ0) is 14.9. The third-order valence-electron chi connectivity index (χ3n) is 4.06. The predicted molar refractivity (Wildman–Crippen MR) is 81.4 cm³/mol. The van der Waals surface area contributed by atoms with Crippen molar-refractivity contribution in [3.8, 4) is 11.5 Å². The highest BCUT2D eigenvalue weighted by Crippen LogP contribution is 2.38. The van der Waals surface area contributed by atoms with E-state index in [2.05, 4.69) is 15.4 Å². The lowest BCUT2D eigenvalue weighted by atomic mass is 10.1. The molecule has 1 atom stereocenters. The molecule has 0 saturated heterocycles.